The van der Waals surface area contributed by atoms with Crippen molar-refractivity contribution in [2.75, 3.05) is 13.2 Å². The van der Waals surface area contributed by atoms with E-state index < -0.39 is 63.4 Å². The molecule has 2 aromatic rings. The van der Waals surface area contributed by atoms with E-state index in [1.54, 1.807) is 0 Å². The number of halogens is 5. The number of nitrogens with one attached hydrogen (secondary N) is 1. The summed E-state index contributed by atoms with van der Waals surface area (Å²) in [6.45, 7) is 2.61. The lowest BCUT2D eigenvalue weighted by atomic mass is 9.99. The monoisotopic (exact) mass is 377 g/mol. The summed E-state index contributed by atoms with van der Waals surface area (Å²) >= 11 is 0. The summed E-state index contributed by atoms with van der Waals surface area (Å²) in [5, 5.41) is 0. The molecule has 1 aromatic carbocycles. The Labute approximate surface area is 143 Å². The van der Waals surface area contributed by atoms with Crippen LogP contribution in [0.2, 0.25) is 0 Å². The minimum atomic E-state index is -2.37. The minimum absolute atomic E-state index is 0.130. The van der Waals surface area contributed by atoms with Crippen LogP contribution in [0.4, 0.5) is 22.0 Å². The normalized spacial score (nSPS) is 10.7. The average molecular weight is 377 g/mol. The molecule has 5 nitrogen and oxygen atoms in total. The zero-order chi connectivity index (χ0) is 19.6. The highest BCUT2D eigenvalue weighted by Gasteiger charge is 2.33. The molecular weight excluding hydrogens is 365 g/mol. The fraction of sp³-hybridized carbons (Fsp3) is 0.250. The molecule has 0 aliphatic rings. The molecule has 0 bridgehead atoms. The van der Waals surface area contributed by atoms with Crippen molar-refractivity contribution in [2.24, 2.45) is 0 Å². The first kappa shape index (κ1) is 19.4. The Morgan fingerprint density at radius 1 is 0.808 bits per heavy atom. The number of hydrogen-bond donors (Lipinski definition) is 1. The van der Waals surface area contributed by atoms with E-state index in [1.807, 2.05) is 0 Å². The number of carbonyl (C=O) groups excluding carboxylic acids is 2. The molecule has 140 valence electrons. The van der Waals surface area contributed by atoms with Crippen LogP contribution in [0.1, 0.15) is 34.7 Å². The molecule has 26 heavy (non-hydrogen) atoms. The number of aromatic amines is 1. The Balaban J connectivity index is 2.85. The third kappa shape index (κ3) is 3.14. The lowest BCUT2D eigenvalue weighted by molar-refractivity contribution is 0.0519. The van der Waals surface area contributed by atoms with Crippen molar-refractivity contribution in [1.29, 1.82) is 0 Å². The molecule has 0 fully saturated rings. The van der Waals surface area contributed by atoms with E-state index in [4.69, 9.17) is 0 Å². The summed E-state index contributed by atoms with van der Waals surface area (Å²) in [7, 11) is 0. The van der Waals surface area contributed by atoms with Crippen molar-refractivity contribution in [3.05, 3.63) is 46.5 Å². The van der Waals surface area contributed by atoms with Crippen LogP contribution in [-0.4, -0.2) is 30.1 Å². The molecule has 0 amide bonds. The van der Waals surface area contributed by atoms with E-state index in [1.165, 1.54) is 13.8 Å². The molecule has 1 N–H and O–H groups in total. The number of rotatable bonds is 5. The Bertz CT molecular complexity index is 814. The average Bonchev–Trinajstić information content (AvgIpc) is 3.04. The summed E-state index contributed by atoms with van der Waals surface area (Å²) < 4.78 is 78.1. The molecule has 0 spiro atoms. The van der Waals surface area contributed by atoms with Gasteiger partial charge in [0.15, 0.2) is 23.3 Å². The maximum Gasteiger partial charge on any atom is 0.355 e. The SMILES string of the molecule is CCOC(=O)c1c[nH]c(C(=O)OCC)c1-c1c(F)c(F)c(F)c(F)c1F. The first-order valence-corrected chi connectivity index (χ1v) is 7.33. The first-order chi connectivity index (χ1) is 12.3. The lowest BCUT2D eigenvalue weighted by Gasteiger charge is -2.11. The summed E-state index contributed by atoms with van der Waals surface area (Å²) in [6.07, 6.45) is 0.859. The van der Waals surface area contributed by atoms with Gasteiger partial charge in [-0.2, -0.15) is 0 Å². The number of aromatic nitrogens is 1. The van der Waals surface area contributed by atoms with Gasteiger partial charge in [-0.25, -0.2) is 31.5 Å². The molecule has 1 aromatic heterocycles. The number of esters is 2. The predicted molar refractivity (Wildman–Crippen MR) is 77.9 cm³/mol. The van der Waals surface area contributed by atoms with Crippen LogP contribution in [0.15, 0.2) is 6.20 Å². The molecule has 10 heteroatoms. The number of ether oxygens (including phenoxy) is 2. The van der Waals surface area contributed by atoms with Crippen molar-refractivity contribution in [3.63, 3.8) is 0 Å². The van der Waals surface area contributed by atoms with Gasteiger partial charge in [0.1, 0.15) is 5.69 Å². The Morgan fingerprint density at radius 2 is 1.27 bits per heavy atom. The minimum Gasteiger partial charge on any atom is -0.462 e. The lowest BCUT2D eigenvalue weighted by Crippen LogP contribution is -2.12. The molecule has 0 aliphatic heterocycles. The summed E-state index contributed by atoms with van der Waals surface area (Å²) in [6, 6.07) is 0. The molecule has 1 heterocycles. The Morgan fingerprint density at radius 3 is 1.77 bits per heavy atom. The smallest absolute Gasteiger partial charge is 0.355 e. The van der Waals surface area contributed by atoms with Gasteiger partial charge in [0.25, 0.3) is 0 Å². The van der Waals surface area contributed by atoms with Crippen LogP contribution >= 0.6 is 0 Å². The molecule has 0 saturated heterocycles. The summed E-state index contributed by atoms with van der Waals surface area (Å²) in [5.41, 5.74) is -3.51. The van der Waals surface area contributed by atoms with Gasteiger partial charge in [-0.05, 0) is 13.8 Å². The molecule has 0 unspecified atom stereocenters. The van der Waals surface area contributed by atoms with Gasteiger partial charge >= 0.3 is 11.9 Å². The van der Waals surface area contributed by atoms with E-state index in [0.29, 0.717) is 0 Å². The topological polar surface area (TPSA) is 68.4 Å². The van der Waals surface area contributed by atoms with Crippen molar-refractivity contribution in [3.8, 4) is 11.1 Å². The molecule has 0 aliphatic carbocycles. The highest BCUT2D eigenvalue weighted by molar-refractivity contribution is 6.05. The van der Waals surface area contributed by atoms with Crippen molar-refractivity contribution in [2.45, 2.75) is 13.8 Å². The summed E-state index contributed by atoms with van der Waals surface area (Å²) in [4.78, 5) is 26.2. The fourth-order valence-electron chi connectivity index (χ4n) is 2.24. The standard InChI is InChI=1S/C16H12F5NO4/c1-3-25-15(23)6-5-22-14(16(24)26-4-2)7(6)8-9(17)11(19)13(21)12(20)10(8)18/h5,22H,3-4H2,1-2H3. The zero-order valence-corrected chi connectivity index (χ0v) is 13.5. The number of benzene rings is 1. The van der Waals surface area contributed by atoms with E-state index >= 15 is 0 Å². The fourth-order valence-corrected chi connectivity index (χ4v) is 2.24. The first-order valence-electron chi connectivity index (χ1n) is 7.33. The maximum absolute atomic E-state index is 14.2. The van der Waals surface area contributed by atoms with Crippen LogP contribution in [0, 0.1) is 29.1 Å². The number of carbonyl (C=O) groups is 2. The number of hydrogen-bond acceptors (Lipinski definition) is 4. The summed E-state index contributed by atoms with van der Waals surface area (Å²) in [5.74, 6) is -13.5. The van der Waals surface area contributed by atoms with E-state index in [0.717, 1.165) is 6.20 Å². The van der Waals surface area contributed by atoms with Crippen LogP contribution in [0.25, 0.3) is 11.1 Å². The van der Waals surface area contributed by atoms with E-state index in [-0.39, 0.29) is 13.2 Å². The highest BCUT2D eigenvalue weighted by Crippen LogP contribution is 2.36. The van der Waals surface area contributed by atoms with Gasteiger partial charge in [-0.3, -0.25) is 0 Å². The van der Waals surface area contributed by atoms with Crippen molar-refractivity contribution < 1.29 is 41.0 Å². The highest BCUT2D eigenvalue weighted by atomic mass is 19.2. The van der Waals surface area contributed by atoms with E-state index in [2.05, 4.69) is 14.5 Å². The van der Waals surface area contributed by atoms with Crippen molar-refractivity contribution in [1.82, 2.24) is 4.98 Å². The Hall–Kier alpha value is -2.91. The van der Waals surface area contributed by atoms with Gasteiger partial charge in [0, 0.05) is 11.8 Å². The van der Waals surface area contributed by atoms with Crippen LogP contribution in [0.3, 0.4) is 0 Å². The Kier molecular flexibility index (Phi) is 5.63. The van der Waals surface area contributed by atoms with Crippen LogP contribution in [0.5, 0.6) is 0 Å². The van der Waals surface area contributed by atoms with Crippen molar-refractivity contribution >= 4 is 11.9 Å². The zero-order valence-electron chi connectivity index (χ0n) is 13.5. The largest absolute Gasteiger partial charge is 0.462 e. The van der Waals surface area contributed by atoms with Gasteiger partial charge in [-0.15, -0.1) is 0 Å². The second-order valence-electron chi connectivity index (χ2n) is 4.84. The van der Waals surface area contributed by atoms with Gasteiger partial charge < -0.3 is 14.5 Å². The predicted octanol–water partition coefficient (Wildman–Crippen LogP) is 3.73. The van der Waals surface area contributed by atoms with Gasteiger partial charge in [0.2, 0.25) is 5.82 Å². The third-order valence-corrected chi connectivity index (χ3v) is 3.31. The third-order valence-electron chi connectivity index (χ3n) is 3.31. The molecule has 2 rings (SSSR count). The molecule has 0 radical (unpaired) electrons. The molecular formula is C16H12F5NO4. The quantitative estimate of drug-likeness (QED) is 0.373. The second-order valence-corrected chi connectivity index (χ2v) is 4.84. The molecule has 0 atom stereocenters. The van der Waals surface area contributed by atoms with E-state index in [9.17, 15) is 31.5 Å². The second kappa shape index (κ2) is 7.54. The number of H-pyrrole nitrogens is 1. The van der Waals surface area contributed by atoms with Crippen LogP contribution in [-0.2, 0) is 9.47 Å². The maximum atomic E-state index is 14.2. The van der Waals surface area contributed by atoms with Gasteiger partial charge in [0.05, 0.1) is 24.3 Å². The molecule has 0 saturated carbocycles. The van der Waals surface area contributed by atoms with Gasteiger partial charge in [-0.1, -0.05) is 0 Å². The van der Waals surface area contributed by atoms with Crippen LogP contribution < -0.4 is 0 Å².